The summed E-state index contributed by atoms with van der Waals surface area (Å²) in [6.45, 7) is 2.05. The maximum Gasteiger partial charge on any atom is 0.407 e. The number of fused-ring (bicyclic) bond motifs is 3. The van der Waals surface area contributed by atoms with E-state index in [9.17, 15) is 4.79 Å². The minimum atomic E-state index is -0.325. The molecular formula is C21H24N2O2. The first-order valence-electron chi connectivity index (χ1n) is 9.15. The van der Waals surface area contributed by atoms with Gasteiger partial charge in [-0.05, 0) is 41.6 Å². The molecule has 1 saturated heterocycles. The average Bonchev–Trinajstić information content (AvgIpc) is 2.99. The van der Waals surface area contributed by atoms with E-state index >= 15 is 0 Å². The number of alkyl carbamates (subject to hydrolysis) is 1. The predicted octanol–water partition coefficient (Wildman–Crippen LogP) is 3.67. The Bertz CT molecular complexity index is 708. The fourth-order valence-electron chi connectivity index (χ4n) is 3.95. The van der Waals surface area contributed by atoms with Gasteiger partial charge in [0.15, 0.2) is 0 Å². The van der Waals surface area contributed by atoms with Crippen LogP contribution in [0.3, 0.4) is 0 Å². The summed E-state index contributed by atoms with van der Waals surface area (Å²) >= 11 is 0. The van der Waals surface area contributed by atoms with Gasteiger partial charge < -0.3 is 15.4 Å². The van der Waals surface area contributed by atoms with Crippen molar-refractivity contribution in [3.8, 4) is 11.1 Å². The van der Waals surface area contributed by atoms with Crippen molar-refractivity contribution in [2.24, 2.45) is 0 Å². The number of ether oxygens (including phenoxy) is 1. The molecule has 1 aliphatic carbocycles. The maximum absolute atomic E-state index is 12.1. The molecule has 0 bridgehead atoms. The number of hydrogen-bond donors (Lipinski definition) is 2. The molecule has 130 valence electrons. The molecule has 2 N–H and O–H groups in total. The lowest BCUT2D eigenvalue weighted by Gasteiger charge is -2.23. The standard InChI is InChI=1S/C21H24N2O2/c24-21(23-13-15-7-5-6-12-22-15)25-14-20-18-10-3-1-8-16(18)17-9-2-4-11-19(17)20/h1-4,8-11,15,20,22H,5-7,12-14H2,(H,23,24)/t15-/m0/s1. The molecular weight excluding hydrogens is 312 g/mol. The van der Waals surface area contributed by atoms with Gasteiger partial charge in [-0.15, -0.1) is 0 Å². The molecule has 0 spiro atoms. The number of carbonyl (C=O) groups is 1. The van der Waals surface area contributed by atoms with Gasteiger partial charge in [-0.3, -0.25) is 0 Å². The van der Waals surface area contributed by atoms with Crippen molar-refractivity contribution >= 4 is 6.09 Å². The third-order valence-electron chi connectivity index (χ3n) is 5.25. The number of amides is 1. The van der Waals surface area contributed by atoms with Crippen LogP contribution in [0.2, 0.25) is 0 Å². The quantitative estimate of drug-likeness (QED) is 0.896. The molecule has 2 aliphatic rings. The summed E-state index contributed by atoms with van der Waals surface area (Å²) in [6, 6.07) is 17.1. The lowest BCUT2D eigenvalue weighted by Crippen LogP contribution is -2.43. The number of carbonyl (C=O) groups excluding carboxylic acids is 1. The predicted molar refractivity (Wildman–Crippen MR) is 98.7 cm³/mol. The summed E-state index contributed by atoms with van der Waals surface area (Å²) in [5, 5.41) is 6.33. The van der Waals surface area contributed by atoms with Crippen molar-refractivity contribution in [3.63, 3.8) is 0 Å². The van der Waals surface area contributed by atoms with Crippen LogP contribution in [0.5, 0.6) is 0 Å². The van der Waals surface area contributed by atoms with Gasteiger partial charge in [0, 0.05) is 18.5 Å². The fraction of sp³-hybridized carbons (Fsp3) is 0.381. The molecule has 25 heavy (non-hydrogen) atoms. The first-order chi connectivity index (χ1) is 12.3. The van der Waals surface area contributed by atoms with Gasteiger partial charge in [0.05, 0.1) is 0 Å². The zero-order valence-corrected chi connectivity index (χ0v) is 14.3. The Morgan fingerprint density at radius 2 is 1.72 bits per heavy atom. The zero-order valence-electron chi connectivity index (χ0n) is 14.3. The molecule has 4 nitrogen and oxygen atoms in total. The number of benzene rings is 2. The molecule has 1 amide bonds. The number of rotatable bonds is 4. The summed E-state index contributed by atoms with van der Waals surface area (Å²) in [5.74, 6) is 0.117. The molecule has 0 radical (unpaired) electrons. The second-order valence-corrected chi connectivity index (χ2v) is 6.85. The Morgan fingerprint density at radius 3 is 2.36 bits per heavy atom. The molecule has 0 saturated carbocycles. The van der Waals surface area contributed by atoms with E-state index < -0.39 is 0 Å². The van der Waals surface area contributed by atoms with Crippen molar-refractivity contribution in [2.75, 3.05) is 19.7 Å². The topological polar surface area (TPSA) is 50.4 Å². The summed E-state index contributed by atoms with van der Waals surface area (Å²) in [5.41, 5.74) is 4.98. The van der Waals surface area contributed by atoms with Crippen LogP contribution in [-0.4, -0.2) is 31.8 Å². The van der Waals surface area contributed by atoms with Crippen LogP contribution in [0.1, 0.15) is 36.3 Å². The van der Waals surface area contributed by atoms with E-state index in [1.54, 1.807) is 0 Å². The smallest absolute Gasteiger partial charge is 0.407 e. The molecule has 1 aliphatic heterocycles. The zero-order chi connectivity index (χ0) is 17.1. The minimum Gasteiger partial charge on any atom is -0.449 e. The Morgan fingerprint density at radius 1 is 1.04 bits per heavy atom. The number of nitrogens with one attached hydrogen (secondary N) is 2. The third kappa shape index (κ3) is 3.40. The first kappa shape index (κ1) is 16.2. The molecule has 0 unspecified atom stereocenters. The molecule has 4 heteroatoms. The van der Waals surface area contributed by atoms with E-state index in [-0.39, 0.29) is 12.0 Å². The van der Waals surface area contributed by atoms with E-state index in [0.717, 1.165) is 13.0 Å². The van der Waals surface area contributed by atoms with Crippen LogP contribution in [0.4, 0.5) is 4.79 Å². The van der Waals surface area contributed by atoms with E-state index in [1.807, 2.05) is 12.1 Å². The van der Waals surface area contributed by atoms with Crippen LogP contribution < -0.4 is 10.6 Å². The Balaban J connectivity index is 1.38. The van der Waals surface area contributed by atoms with Crippen molar-refractivity contribution in [1.29, 1.82) is 0 Å². The van der Waals surface area contributed by atoms with Gasteiger partial charge >= 0.3 is 6.09 Å². The SMILES string of the molecule is O=C(NC[C@@H]1CCCCN1)OCC1c2ccccc2-c2ccccc21. The Kier molecular flexibility index (Phi) is 4.70. The largest absolute Gasteiger partial charge is 0.449 e. The average molecular weight is 336 g/mol. The lowest BCUT2D eigenvalue weighted by atomic mass is 9.98. The monoisotopic (exact) mass is 336 g/mol. The second-order valence-electron chi connectivity index (χ2n) is 6.85. The molecule has 4 rings (SSSR count). The van der Waals surface area contributed by atoms with Gasteiger partial charge in [-0.1, -0.05) is 55.0 Å². The van der Waals surface area contributed by atoms with Gasteiger partial charge in [-0.2, -0.15) is 0 Å². The molecule has 2 aromatic rings. The van der Waals surface area contributed by atoms with Gasteiger partial charge in [-0.25, -0.2) is 4.79 Å². The summed E-state index contributed by atoms with van der Waals surface area (Å²) in [7, 11) is 0. The lowest BCUT2D eigenvalue weighted by molar-refractivity contribution is 0.141. The maximum atomic E-state index is 12.1. The van der Waals surface area contributed by atoms with Crippen molar-refractivity contribution < 1.29 is 9.53 Å². The van der Waals surface area contributed by atoms with Gasteiger partial charge in [0.2, 0.25) is 0 Å². The highest BCUT2D eigenvalue weighted by Gasteiger charge is 2.29. The molecule has 1 atom stereocenters. The second kappa shape index (κ2) is 7.28. The molecule has 1 heterocycles. The number of piperidine rings is 1. The van der Waals surface area contributed by atoms with Crippen LogP contribution in [0, 0.1) is 0 Å². The van der Waals surface area contributed by atoms with E-state index in [1.165, 1.54) is 35.1 Å². The van der Waals surface area contributed by atoms with Crippen LogP contribution in [-0.2, 0) is 4.74 Å². The highest BCUT2D eigenvalue weighted by Crippen LogP contribution is 2.44. The summed E-state index contributed by atoms with van der Waals surface area (Å²) in [6.07, 6.45) is 3.24. The van der Waals surface area contributed by atoms with Crippen molar-refractivity contribution in [3.05, 3.63) is 59.7 Å². The van der Waals surface area contributed by atoms with E-state index in [0.29, 0.717) is 19.2 Å². The van der Waals surface area contributed by atoms with E-state index in [2.05, 4.69) is 47.0 Å². The molecule has 1 fully saturated rings. The Labute approximate surface area is 148 Å². The third-order valence-corrected chi connectivity index (χ3v) is 5.25. The van der Waals surface area contributed by atoms with Gasteiger partial charge in [0.25, 0.3) is 0 Å². The Hall–Kier alpha value is -2.33. The first-order valence-corrected chi connectivity index (χ1v) is 9.15. The fourth-order valence-corrected chi connectivity index (χ4v) is 3.95. The molecule has 2 aromatic carbocycles. The highest BCUT2D eigenvalue weighted by molar-refractivity contribution is 5.79. The summed E-state index contributed by atoms with van der Waals surface area (Å²) in [4.78, 5) is 12.1. The highest BCUT2D eigenvalue weighted by atomic mass is 16.5. The summed E-state index contributed by atoms with van der Waals surface area (Å²) < 4.78 is 5.55. The molecule has 0 aromatic heterocycles. The van der Waals surface area contributed by atoms with E-state index in [4.69, 9.17) is 4.74 Å². The minimum absolute atomic E-state index is 0.117. The van der Waals surface area contributed by atoms with Crippen molar-refractivity contribution in [2.45, 2.75) is 31.2 Å². The van der Waals surface area contributed by atoms with Crippen molar-refractivity contribution in [1.82, 2.24) is 10.6 Å². The van der Waals surface area contributed by atoms with Crippen LogP contribution in [0.15, 0.2) is 48.5 Å². The normalized spacial score (nSPS) is 19.1. The van der Waals surface area contributed by atoms with Crippen LogP contribution in [0.25, 0.3) is 11.1 Å². The number of hydrogen-bond acceptors (Lipinski definition) is 3. The van der Waals surface area contributed by atoms with Gasteiger partial charge in [0.1, 0.15) is 6.61 Å². The van der Waals surface area contributed by atoms with Crippen LogP contribution >= 0.6 is 0 Å².